The van der Waals surface area contributed by atoms with E-state index in [4.69, 9.17) is 9.47 Å². The van der Waals surface area contributed by atoms with E-state index in [0.29, 0.717) is 0 Å². The van der Waals surface area contributed by atoms with E-state index in [-0.39, 0.29) is 6.29 Å². The second-order valence-electron chi connectivity index (χ2n) is 5.13. The summed E-state index contributed by atoms with van der Waals surface area (Å²) in [6.45, 7) is 3.89. The monoisotopic (exact) mass is 266 g/mol. The number of ether oxygens (including phenoxy) is 2. The van der Waals surface area contributed by atoms with Crippen molar-refractivity contribution in [3.05, 3.63) is 24.3 Å². The molecule has 1 heterocycles. The molecule has 0 aromatic rings. The van der Waals surface area contributed by atoms with Crippen molar-refractivity contribution in [3.8, 4) is 0 Å². The van der Waals surface area contributed by atoms with E-state index in [9.17, 15) is 0 Å². The third kappa shape index (κ3) is 9.92. The highest BCUT2D eigenvalue weighted by molar-refractivity contribution is 4.92. The van der Waals surface area contributed by atoms with Gasteiger partial charge in [-0.15, -0.1) is 0 Å². The van der Waals surface area contributed by atoms with Gasteiger partial charge in [0.05, 0.1) is 6.61 Å². The van der Waals surface area contributed by atoms with E-state index < -0.39 is 0 Å². The average molecular weight is 266 g/mol. The molecule has 1 unspecified atom stereocenters. The highest BCUT2D eigenvalue weighted by Crippen LogP contribution is 2.13. The van der Waals surface area contributed by atoms with Gasteiger partial charge < -0.3 is 9.47 Å². The van der Waals surface area contributed by atoms with Crippen molar-refractivity contribution >= 4 is 0 Å². The summed E-state index contributed by atoms with van der Waals surface area (Å²) in [5.74, 6) is 0. The van der Waals surface area contributed by atoms with Gasteiger partial charge in [0.25, 0.3) is 0 Å². The van der Waals surface area contributed by atoms with Gasteiger partial charge in [-0.05, 0) is 44.9 Å². The Morgan fingerprint density at radius 1 is 1.05 bits per heavy atom. The predicted molar refractivity (Wildman–Crippen MR) is 81.2 cm³/mol. The molecule has 0 aromatic carbocycles. The summed E-state index contributed by atoms with van der Waals surface area (Å²) in [7, 11) is 0. The van der Waals surface area contributed by atoms with Gasteiger partial charge in [-0.3, -0.25) is 0 Å². The molecular weight excluding hydrogens is 236 g/mol. The first-order valence-electron chi connectivity index (χ1n) is 7.96. The lowest BCUT2D eigenvalue weighted by molar-refractivity contribution is -0.161. The minimum Gasteiger partial charge on any atom is -0.353 e. The normalized spacial score (nSPS) is 20.6. The Morgan fingerprint density at radius 2 is 1.89 bits per heavy atom. The molecule has 1 saturated heterocycles. The number of allylic oxidation sites excluding steroid dienone is 3. The Balaban J connectivity index is 1.87. The van der Waals surface area contributed by atoms with Gasteiger partial charge in [-0.25, -0.2) is 0 Å². The molecule has 2 heteroatoms. The van der Waals surface area contributed by atoms with Crippen molar-refractivity contribution in [2.24, 2.45) is 0 Å². The van der Waals surface area contributed by atoms with Crippen LogP contribution in [0.1, 0.15) is 64.7 Å². The topological polar surface area (TPSA) is 18.5 Å². The molecule has 0 aliphatic carbocycles. The van der Waals surface area contributed by atoms with Gasteiger partial charge in [0.2, 0.25) is 0 Å². The molecule has 1 rings (SSSR count). The number of hydrogen-bond acceptors (Lipinski definition) is 2. The van der Waals surface area contributed by atoms with Crippen molar-refractivity contribution in [2.75, 3.05) is 13.2 Å². The summed E-state index contributed by atoms with van der Waals surface area (Å²) in [4.78, 5) is 0. The molecule has 0 amide bonds. The van der Waals surface area contributed by atoms with Crippen molar-refractivity contribution in [3.63, 3.8) is 0 Å². The molecule has 0 bridgehead atoms. The molecular formula is C17H30O2. The smallest absolute Gasteiger partial charge is 0.157 e. The lowest BCUT2D eigenvalue weighted by Gasteiger charge is -2.22. The Morgan fingerprint density at radius 3 is 2.63 bits per heavy atom. The predicted octanol–water partition coefficient (Wildman–Crippen LogP) is 5.00. The third-order valence-corrected chi connectivity index (χ3v) is 3.31. The molecule has 0 saturated carbocycles. The summed E-state index contributed by atoms with van der Waals surface area (Å²) in [6.07, 6.45) is 19.8. The molecule has 1 fully saturated rings. The number of hydrogen-bond donors (Lipinski definition) is 0. The Hall–Kier alpha value is -0.600. The van der Waals surface area contributed by atoms with Crippen LogP contribution in [0.4, 0.5) is 0 Å². The average Bonchev–Trinajstić information content (AvgIpc) is 2.46. The second kappa shape index (κ2) is 12.4. The zero-order chi connectivity index (χ0) is 13.6. The number of unbranched alkanes of at least 4 members (excludes halogenated alkanes) is 3. The van der Waals surface area contributed by atoms with Crippen LogP contribution in [0.3, 0.4) is 0 Å². The molecule has 1 atom stereocenters. The van der Waals surface area contributed by atoms with Gasteiger partial charge in [0.1, 0.15) is 0 Å². The Bertz CT molecular complexity index is 240. The van der Waals surface area contributed by atoms with Crippen molar-refractivity contribution < 1.29 is 9.47 Å². The molecule has 0 spiro atoms. The van der Waals surface area contributed by atoms with Crippen LogP contribution < -0.4 is 0 Å². The standard InChI is InChI=1S/C17H30O2/c1-2-3-4-5-6-7-8-9-10-12-15-18-17-14-11-13-16-19-17/h6-7,9-10,17H,2-5,8,11-16H2,1H3. The quantitative estimate of drug-likeness (QED) is 0.409. The maximum atomic E-state index is 5.66. The molecule has 19 heavy (non-hydrogen) atoms. The minimum atomic E-state index is 0.0561. The van der Waals surface area contributed by atoms with Crippen LogP contribution in [0.25, 0.3) is 0 Å². The van der Waals surface area contributed by atoms with Crippen molar-refractivity contribution in [1.82, 2.24) is 0 Å². The van der Waals surface area contributed by atoms with Crippen LogP contribution in [0, 0.1) is 0 Å². The minimum absolute atomic E-state index is 0.0561. The van der Waals surface area contributed by atoms with Crippen LogP contribution in [-0.2, 0) is 9.47 Å². The lowest BCUT2D eigenvalue weighted by Crippen LogP contribution is -2.22. The maximum absolute atomic E-state index is 5.66. The lowest BCUT2D eigenvalue weighted by atomic mass is 10.2. The first kappa shape index (κ1) is 16.5. The van der Waals surface area contributed by atoms with Crippen LogP contribution in [0.2, 0.25) is 0 Å². The fourth-order valence-corrected chi connectivity index (χ4v) is 2.13. The van der Waals surface area contributed by atoms with Gasteiger partial charge in [-0.2, -0.15) is 0 Å². The second-order valence-corrected chi connectivity index (χ2v) is 5.13. The van der Waals surface area contributed by atoms with Crippen LogP contribution in [-0.4, -0.2) is 19.5 Å². The molecule has 1 aliphatic rings. The van der Waals surface area contributed by atoms with E-state index >= 15 is 0 Å². The van der Waals surface area contributed by atoms with Crippen LogP contribution in [0.5, 0.6) is 0 Å². The van der Waals surface area contributed by atoms with Gasteiger partial charge in [-0.1, -0.05) is 44.1 Å². The summed E-state index contributed by atoms with van der Waals surface area (Å²) in [5.41, 5.74) is 0. The molecule has 0 N–H and O–H groups in total. The molecule has 0 aromatic heterocycles. The summed E-state index contributed by atoms with van der Waals surface area (Å²) >= 11 is 0. The largest absolute Gasteiger partial charge is 0.353 e. The zero-order valence-electron chi connectivity index (χ0n) is 12.5. The Labute approximate surface area is 118 Å². The van der Waals surface area contributed by atoms with E-state index in [1.165, 1.54) is 38.5 Å². The van der Waals surface area contributed by atoms with Crippen LogP contribution in [0.15, 0.2) is 24.3 Å². The van der Waals surface area contributed by atoms with Crippen molar-refractivity contribution in [1.29, 1.82) is 0 Å². The summed E-state index contributed by atoms with van der Waals surface area (Å²) < 4.78 is 11.2. The fraction of sp³-hybridized carbons (Fsp3) is 0.765. The fourth-order valence-electron chi connectivity index (χ4n) is 2.13. The van der Waals surface area contributed by atoms with E-state index in [0.717, 1.165) is 32.5 Å². The van der Waals surface area contributed by atoms with E-state index in [1.54, 1.807) is 0 Å². The zero-order valence-corrected chi connectivity index (χ0v) is 12.5. The number of rotatable bonds is 10. The highest BCUT2D eigenvalue weighted by Gasteiger charge is 2.12. The van der Waals surface area contributed by atoms with Crippen LogP contribution >= 0.6 is 0 Å². The SMILES string of the molecule is CCCCCC=CCC=CCCOC1CCCCO1. The van der Waals surface area contributed by atoms with Gasteiger partial charge in [0.15, 0.2) is 6.29 Å². The molecule has 0 radical (unpaired) electrons. The summed E-state index contributed by atoms with van der Waals surface area (Å²) in [6, 6.07) is 0. The summed E-state index contributed by atoms with van der Waals surface area (Å²) in [5, 5.41) is 0. The van der Waals surface area contributed by atoms with Gasteiger partial charge >= 0.3 is 0 Å². The molecule has 110 valence electrons. The highest BCUT2D eigenvalue weighted by atomic mass is 16.7. The van der Waals surface area contributed by atoms with E-state index in [2.05, 4.69) is 31.2 Å². The molecule has 2 nitrogen and oxygen atoms in total. The third-order valence-electron chi connectivity index (χ3n) is 3.31. The first-order valence-corrected chi connectivity index (χ1v) is 7.96. The van der Waals surface area contributed by atoms with E-state index in [1.807, 2.05) is 0 Å². The van der Waals surface area contributed by atoms with Crippen molar-refractivity contribution in [2.45, 2.75) is 71.0 Å². The Kier molecular flexibility index (Phi) is 10.8. The first-order chi connectivity index (χ1) is 9.43. The van der Waals surface area contributed by atoms with Gasteiger partial charge in [0, 0.05) is 6.61 Å². The maximum Gasteiger partial charge on any atom is 0.157 e. The molecule has 1 aliphatic heterocycles.